The second-order valence-corrected chi connectivity index (χ2v) is 9.83. The molecule has 1 heterocycles. The molecule has 1 amide bonds. The summed E-state index contributed by atoms with van der Waals surface area (Å²) in [6.07, 6.45) is 0. The molecule has 0 bridgehead atoms. The summed E-state index contributed by atoms with van der Waals surface area (Å²) in [6.45, 7) is 12.2. The van der Waals surface area contributed by atoms with Gasteiger partial charge in [-0.1, -0.05) is 69.3 Å². The standard InChI is InChI=1S/C25H31N5O2S/c1-15(2)17-13-14-18(20(31)19(17)24(32)30(6)7)26-22-23(29-33-28-22)27-21(25(3,4)5)16-11-9-8-10-12-16/h8-14,21,31H,1H2,2-7H3,(H,26,28)(H,27,29)/t21-/m0/s1. The Labute approximate surface area is 199 Å². The highest BCUT2D eigenvalue weighted by atomic mass is 32.1. The van der Waals surface area contributed by atoms with Crippen molar-refractivity contribution in [2.75, 3.05) is 24.7 Å². The van der Waals surface area contributed by atoms with Crippen LogP contribution in [0, 0.1) is 5.41 Å². The summed E-state index contributed by atoms with van der Waals surface area (Å²) in [5.41, 5.74) is 2.90. The fourth-order valence-corrected chi connectivity index (χ4v) is 4.04. The van der Waals surface area contributed by atoms with Gasteiger partial charge < -0.3 is 20.6 Å². The number of amides is 1. The van der Waals surface area contributed by atoms with E-state index in [0.717, 1.165) is 17.3 Å². The normalized spacial score (nSPS) is 12.2. The molecule has 0 saturated heterocycles. The SMILES string of the molecule is C=C(C)c1ccc(Nc2nsnc2N[C@@H](c2ccccc2)C(C)(C)C)c(O)c1C(=O)N(C)C. The molecule has 0 radical (unpaired) electrons. The maximum atomic E-state index is 12.8. The maximum Gasteiger partial charge on any atom is 0.257 e. The monoisotopic (exact) mass is 465 g/mol. The minimum Gasteiger partial charge on any atom is -0.505 e. The Hall–Kier alpha value is -3.39. The van der Waals surface area contributed by atoms with Crippen molar-refractivity contribution in [3.63, 3.8) is 0 Å². The predicted molar refractivity (Wildman–Crippen MR) is 136 cm³/mol. The molecule has 7 nitrogen and oxygen atoms in total. The molecular formula is C25H31N5O2S. The van der Waals surface area contributed by atoms with Crippen molar-refractivity contribution in [3.05, 3.63) is 65.7 Å². The first-order chi connectivity index (χ1) is 15.5. The summed E-state index contributed by atoms with van der Waals surface area (Å²) < 4.78 is 8.82. The molecule has 0 fully saturated rings. The van der Waals surface area contributed by atoms with E-state index in [0.29, 0.717) is 28.5 Å². The minimum absolute atomic E-state index is 0.0200. The number of phenolic OH excluding ortho intramolecular Hbond substituents is 1. The van der Waals surface area contributed by atoms with Gasteiger partial charge in [0.05, 0.1) is 29.0 Å². The van der Waals surface area contributed by atoms with Gasteiger partial charge in [-0.25, -0.2) is 0 Å². The van der Waals surface area contributed by atoms with Crippen LogP contribution in [0.3, 0.4) is 0 Å². The lowest BCUT2D eigenvalue weighted by Gasteiger charge is -2.32. The molecule has 174 valence electrons. The highest BCUT2D eigenvalue weighted by molar-refractivity contribution is 6.99. The van der Waals surface area contributed by atoms with Gasteiger partial charge in [-0.15, -0.1) is 0 Å². The Bertz CT molecular complexity index is 1150. The van der Waals surface area contributed by atoms with Crippen molar-refractivity contribution < 1.29 is 9.90 Å². The van der Waals surface area contributed by atoms with Gasteiger partial charge in [-0.05, 0) is 29.5 Å². The lowest BCUT2D eigenvalue weighted by Crippen LogP contribution is -2.26. The lowest BCUT2D eigenvalue weighted by molar-refractivity contribution is 0.0824. The Kier molecular flexibility index (Phi) is 7.07. The molecular weight excluding hydrogens is 434 g/mol. The van der Waals surface area contributed by atoms with Crippen molar-refractivity contribution in [1.82, 2.24) is 13.6 Å². The smallest absolute Gasteiger partial charge is 0.257 e. The second-order valence-electron chi connectivity index (χ2n) is 9.30. The number of hydrogen-bond donors (Lipinski definition) is 3. The van der Waals surface area contributed by atoms with Crippen LogP contribution < -0.4 is 10.6 Å². The summed E-state index contributed by atoms with van der Waals surface area (Å²) >= 11 is 1.07. The van der Waals surface area contributed by atoms with E-state index in [-0.39, 0.29) is 28.7 Å². The number of carbonyl (C=O) groups excluding carboxylic acids is 1. The third kappa shape index (κ3) is 5.34. The summed E-state index contributed by atoms with van der Waals surface area (Å²) in [5.74, 6) is 0.601. The molecule has 0 aliphatic carbocycles. The number of aromatic hydroxyl groups is 1. The molecule has 1 aromatic heterocycles. The molecule has 3 N–H and O–H groups in total. The largest absolute Gasteiger partial charge is 0.505 e. The maximum absolute atomic E-state index is 12.8. The van der Waals surface area contributed by atoms with Crippen molar-refractivity contribution in [2.24, 2.45) is 5.41 Å². The van der Waals surface area contributed by atoms with Gasteiger partial charge >= 0.3 is 0 Å². The van der Waals surface area contributed by atoms with Crippen LogP contribution >= 0.6 is 11.7 Å². The first-order valence-corrected chi connectivity index (χ1v) is 11.4. The Morgan fingerprint density at radius 2 is 1.73 bits per heavy atom. The molecule has 0 spiro atoms. The first kappa shape index (κ1) is 24.3. The number of benzene rings is 2. The summed E-state index contributed by atoms with van der Waals surface area (Å²) in [4.78, 5) is 14.2. The third-order valence-corrected chi connectivity index (χ3v) is 5.81. The van der Waals surface area contributed by atoms with Gasteiger partial charge in [0.25, 0.3) is 5.91 Å². The van der Waals surface area contributed by atoms with Gasteiger partial charge in [0.2, 0.25) is 0 Å². The molecule has 8 heteroatoms. The third-order valence-electron chi connectivity index (χ3n) is 5.28. The molecule has 0 saturated carbocycles. The molecule has 33 heavy (non-hydrogen) atoms. The lowest BCUT2D eigenvalue weighted by atomic mass is 9.82. The number of anilines is 3. The zero-order valence-electron chi connectivity index (χ0n) is 19.9. The quantitative estimate of drug-likeness (QED) is 0.375. The fourth-order valence-electron chi connectivity index (χ4n) is 3.56. The average Bonchev–Trinajstić information content (AvgIpc) is 3.19. The second kappa shape index (κ2) is 9.62. The van der Waals surface area contributed by atoms with E-state index in [4.69, 9.17) is 0 Å². The fraction of sp³-hybridized carbons (Fsp3) is 0.320. The van der Waals surface area contributed by atoms with Gasteiger partial charge in [-0.3, -0.25) is 4.79 Å². The molecule has 0 unspecified atom stereocenters. The zero-order chi connectivity index (χ0) is 24.3. The van der Waals surface area contributed by atoms with Crippen molar-refractivity contribution in [1.29, 1.82) is 0 Å². The predicted octanol–water partition coefficient (Wildman–Crippen LogP) is 5.92. The van der Waals surface area contributed by atoms with E-state index < -0.39 is 0 Å². The van der Waals surface area contributed by atoms with E-state index >= 15 is 0 Å². The molecule has 0 aliphatic heterocycles. The number of aromatic nitrogens is 2. The number of nitrogens with one attached hydrogen (secondary N) is 2. The van der Waals surface area contributed by atoms with Crippen molar-refractivity contribution >= 4 is 40.5 Å². The number of nitrogens with zero attached hydrogens (tertiary/aromatic N) is 3. The molecule has 3 rings (SSSR count). The minimum atomic E-state index is -0.305. The zero-order valence-corrected chi connectivity index (χ0v) is 20.7. The van der Waals surface area contributed by atoms with E-state index in [9.17, 15) is 9.90 Å². The number of phenols is 1. The number of hydrogen-bond acceptors (Lipinski definition) is 7. The topological polar surface area (TPSA) is 90.4 Å². The van der Waals surface area contributed by atoms with Crippen LogP contribution in [0.5, 0.6) is 5.75 Å². The molecule has 3 aromatic rings. The summed E-state index contributed by atoms with van der Waals surface area (Å²) in [5, 5.41) is 17.7. The Morgan fingerprint density at radius 1 is 1.09 bits per heavy atom. The van der Waals surface area contributed by atoms with Gasteiger partial charge in [-0.2, -0.15) is 8.75 Å². The van der Waals surface area contributed by atoms with Gasteiger partial charge in [0.15, 0.2) is 17.4 Å². The molecule has 1 atom stereocenters. The number of rotatable bonds is 7. The van der Waals surface area contributed by atoms with Crippen molar-refractivity contribution in [3.8, 4) is 5.75 Å². The van der Waals surface area contributed by atoms with E-state index in [2.05, 4.69) is 58.9 Å². The van der Waals surface area contributed by atoms with E-state index in [1.54, 1.807) is 33.2 Å². The first-order valence-electron chi connectivity index (χ1n) is 10.6. The van der Waals surface area contributed by atoms with Crippen LogP contribution in [0.1, 0.15) is 55.2 Å². The van der Waals surface area contributed by atoms with Gasteiger partial charge in [0, 0.05) is 14.1 Å². The van der Waals surface area contributed by atoms with E-state index in [1.807, 2.05) is 18.2 Å². The highest BCUT2D eigenvalue weighted by Crippen LogP contribution is 2.40. The Morgan fingerprint density at radius 3 is 2.30 bits per heavy atom. The summed E-state index contributed by atoms with van der Waals surface area (Å²) in [6, 6.07) is 13.6. The van der Waals surface area contributed by atoms with E-state index in [1.165, 1.54) is 4.90 Å². The van der Waals surface area contributed by atoms with Crippen LogP contribution in [0.2, 0.25) is 0 Å². The van der Waals surface area contributed by atoms with Crippen LogP contribution in [-0.4, -0.2) is 38.8 Å². The van der Waals surface area contributed by atoms with Gasteiger partial charge in [0.1, 0.15) is 0 Å². The van der Waals surface area contributed by atoms with Crippen LogP contribution in [0.15, 0.2) is 49.0 Å². The van der Waals surface area contributed by atoms with Crippen LogP contribution in [-0.2, 0) is 0 Å². The Balaban J connectivity index is 1.97. The highest BCUT2D eigenvalue weighted by Gasteiger charge is 2.28. The summed E-state index contributed by atoms with van der Waals surface area (Å²) in [7, 11) is 3.29. The molecule has 2 aromatic carbocycles. The van der Waals surface area contributed by atoms with Crippen LogP contribution in [0.25, 0.3) is 5.57 Å². The van der Waals surface area contributed by atoms with Crippen LogP contribution in [0.4, 0.5) is 17.3 Å². The average molecular weight is 466 g/mol. The van der Waals surface area contributed by atoms with Crippen molar-refractivity contribution in [2.45, 2.75) is 33.7 Å². The molecule has 0 aliphatic rings. The number of allylic oxidation sites excluding steroid dienone is 1. The number of carbonyl (C=O) groups is 1.